The lowest BCUT2D eigenvalue weighted by molar-refractivity contribution is 0.282. The predicted octanol–water partition coefficient (Wildman–Crippen LogP) is 2.40. The number of hydrogen-bond donors (Lipinski definition) is 1. The highest BCUT2D eigenvalue weighted by Gasteiger charge is 2.10. The summed E-state index contributed by atoms with van der Waals surface area (Å²) in [6, 6.07) is 4.28. The quantitative estimate of drug-likeness (QED) is 0.893. The fourth-order valence-corrected chi connectivity index (χ4v) is 2.19. The summed E-state index contributed by atoms with van der Waals surface area (Å²) in [5.41, 5.74) is 1.29. The Balaban J connectivity index is 2.49. The van der Waals surface area contributed by atoms with Gasteiger partial charge in [-0.1, -0.05) is 13.0 Å². The minimum absolute atomic E-state index is 0.128. The Labute approximate surface area is 96.8 Å². The van der Waals surface area contributed by atoms with Gasteiger partial charge in [0.05, 0.1) is 6.61 Å². The van der Waals surface area contributed by atoms with Gasteiger partial charge in [0, 0.05) is 12.0 Å². The Morgan fingerprint density at radius 3 is 2.88 bits per heavy atom. The molecule has 0 atom stereocenters. The second kappa shape index (κ2) is 4.67. The van der Waals surface area contributed by atoms with Crippen LogP contribution in [0.4, 0.5) is 4.39 Å². The second-order valence-corrected chi connectivity index (χ2v) is 4.08. The van der Waals surface area contributed by atoms with Crippen molar-refractivity contribution in [2.24, 2.45) is 0 Å². The molecule has 84 valence electrons. The van der Waals surface area contributed by atoms with Crippen LogP contribution in [0.1, 0.15) is 18.3 Å². The van der Waals surface area contributed by atoms with E-state index in [1.165, 1.54) is 23.7 Å². The van der Waals surface area contributed by atoms with Crippen molar-refractivity contribution in [3.8, 4) is 10.6 Å². The molecule has 1 heterocycles. The van der Waals surface area contributed by atoms with E-state index in [-0.39, 0.29) is 12.4 Å². The number of halogens is 1. The monoisotopic (exact) mass is 238 g/mol. The van der Waals surface area contributed by atoms with E-state index in [0.717, 1.165) is 12.2 Å². The van der Waals surface area contributed by atoms with Crippen LogP contribution in [-0.4, -0.2) is 14.5 Å². The summed E-state index contributed by atoms with van der Waals surface area (Å²) in [6.07, 6.45) is 0.750. The van der Waals surface area contributed by atoms with Crippen LogP contribution in [0, 0.1) is 5.82 Å². The van der Waals surface area contributed by atoms with Crippen LogP contribution in [0.2, 0.25) is 0 Å². The average molecular weight is 238 g/mol. The van der Waals surface area contributed by atoms with E-state index in [1.54, 1.807) is 6.07 Å². The molecule has 16 heavy (non-hydrogen) atoms. The summed E-state index contributed by atoms with van der Waals surface area (Å²) in [5, 5.41) is 9.82. The Kier molecular flexibility index (Phi) is 3.26. The molecule has 0 radical (unpaired) electrons. The van der Waals surface area contributed by atoms with E-state index < -0.39 is 0 Å². The molecule has 0 aliphatic carbocycles. The maximum absolute atomic E-state index is 13.1. The van der Waals surface area contributed by atoms with Gasteiger partial charge in [0.25, 0.3) is 0 Å². The van der Waals surface area contributed by atoms with Gasteiger partial charge in [0.15, 0.2) is 0 Å². The molecule has 0 fully saturated rings. The van der Waals surface area contributed by atoms with E-state index in [9.17, 15) is 4.39 Å². The highest BCUT2D eigenvalue weighted by atomic mass is 32.1. The molecule has 0 saturated carbocycles. The third-order valence-corrected chi connectivity index (χ3v) is 3.04. The molecule has 0 spiro atoms. The van der Waals surface area contributed by atoms with Crippen molar-refractivity contribution in [3.63, 3.8) is 0 Å². The first kappa shape index (κ1) is 11.2. The van der Waals surface area contributed by atoms with Crippen molar-refractivity contribution in [1.29, 1.82) is 0 Å². The van der Waals surface area contributed by atoms with Crippen LogP contribution in [0.25, 0.3) is 10.6 Å². The van der Waals surface area contributed by atoms with Crippen LogP contribution in [0.3, 0.4) is 0 Å². The second-order valence-electron chi connectivity index (χ2n) is 3.33. The van der Waals surface area contributed by atoms with Crippen molar-refractivity contribution >= 4 is 11.5 Å². The van der Waals surface area contributed by atoms with Gasteiger partial charge in [-0.15, -0.1) is 0 Å². The predicted molar refractivity (Wildman–Crippen MR) is 60.6 cm³/mol. The Hall–Kier alpha value is -1.33. The van der Waals surface area contributed by atoms with Crippen LogP contribution in [-0.2, 0) is 13.0 Å². The molecule has 1 aromatic carbocycles. The zero-order valence-corrected chi connectivity index (χ0v) is 9.59. The molecule has 3 nitrogen and oxygen atoms in total. The smallest absolute Gasteiger partial charge is 0.144 e. The summed E-state index contributed by atoms with van der Waals surface area (Å²) < 4.78 is 17.3. The molecule has 2 aromatic rings. The molecule has 1 aromatic heterocycles. The molecular formula is C11H11FN2OS. The summed E-state index contributed by atoms with van der Waals surface area (Å²) in [7, 11) is 0. The Bertz CT molecular complexity index is 498. The number of aromatic nitrogens is 2. The largest absolute Gasteiger partial charge is 0.392 e. The van der Waals surface area contributed by atoms with Crippen molar-refractivity contribution in [2.75, 3.05) is 0 Å². The Morgan fingerprint density at radius 1 is 1.44 bits per heavy atom. The molecular weight excluding hydrogens is 227 g/mol. The highest BCUT2D eigenvalue weighted by molar-refractivity contribution is 7.09. The van der Waals surface area contributed by atoms with E-state index in [1.807, 2.05) is 6.92 Å². The average Bonchev–Trinajstić information content (AvgIpc) is 2.77. The SMILES string of the molecule is CCc1nsc(-c2cc(F)ccc2CO)n1. The lowest BCUT2D eigenvalue weighted by Gasteiger charge is -2.03. The molecule has 0 amide bonds. The van der Waals surface area contributed by atoms with E-state index in [4.69, 9.17) is 5.11 Å². The van der Waals surface area contributed by atoms with E-state index >= 15 is 0 Å². The molecule has 0 aliphatic rings. The van der Waals surface area contributed by atoms with Crippen LogP contribution in [0.15, 0.2) is 18.2 Å². The minimum Gasteiger partial charge on any atom is -0.392 e. The first-order valence-electron chi connectivity index (χ1n) is 4.96. The lowest BCUT2D eigenvalue weighted by Crippen LogP contribution is -1.91. The molecule has 0 saturated heterocycles. The van der Waals surface area contributed by atoms with Gasteiger partial charge in [-0.25, -0.2) is 9.37 Å². The van der Waals surface area contributed by atoms with Crippen molar-refractivity contribution < 1.29 is 9.50 Å². The standard InChI is InChI=1S/C11H11FN2OS/c1-2-10-13-11(16-14-10)9-5-8(12)4-3-7(9)6-15/h3-5,15H,2,6H2,1H3. The van der Waals surface area contributed by atoms with Gasteiger partial charge in [-0.05, 0) is 29.2 Å². The molecule has 2 rings (SSSR count). The fraction of sp³-hybridized carbons (Fsp3) is 0.273. The molecule has 1 N–H and O–H groups in total. The molecule has 0 bridgehead atoms. The molecule has 0 aliphatic heterocycles. The first-order chi connectivity index (χ1) is 7.74. The zero-order chi connectivity index (χ0) is 11.5. The normalized spacial score (nSPS) is 10.7. The van der Waals surface area contributed by atoms with E-state index in [2.05, 4.69) is 9.36 Å². The zero-order valence-electron chi connectivity index (χ0n) is 8.77. The summed E-state index contributed by atoms with van der Waals surface area (Å²) >= 11 is 1.23. The van der Waals surface area contributed by atoms with Crippen LogP contribution in [0.5, 0.6) is 0 Å². The Morgan fingerprint density at radius 2 is 2.25 bits per heavy atom. The number of aliphatic hydroxyl groups is 1. The number of aryl methyl sites for hydroxylation is 1. The maximum atomic E-state index is 13.1. The summed E-state index contributed by atoms with van der Waals surface area (Å²) in [6.45, 7) is 1.83. The molecule has 0 unspecified atom stereocenters. The van der Waals surface area contributed by atoms with Crippen molar-refractivity contribution in [2.45, 2.75) is 20.0 Å². The number of rotatable bonds is 3. The summed E-state index contributed by atoms with van der Waals surface area (Å²) in [4.78, 5) is 4.28. The number of benzene rings is 1. The number of aliphatic hydroxyl groups excluding tert-OH is 1. The van der Waals surface area contributed by atoms with Gasteiger partial charge < -0.3 is 5.11 Å². The van der Waals surface area contributed by atoms with Gasteiger partial charge in [-0.2, -0.15) is 4.37 Å². The van der Waals surface area contributed by atoms with Gasteiger partial charge in [-0.3, -0.25) is 0 Å². The number of nitrogens with zero attached hydrogens (tertiary/aromatic N) is 2. The van der Waals surface area contributed by atoms with Gasteiger partial charge in [0.2, 0.25) is 0 Å². The third-order valence-electron chi connectivity index (χ3n) is 2.26. The van der Waals surface area contributed by atoms with Gasteiger partial charge in [0.1, 0.15) is 16.6 Å². The van der Waals surface area contributed by atoms with Crippen LogP contribution >= 0.6 is 11.5 Å². The third kappa shape index (κ3) is 2.10. The lowest BCUT2D eigenvalue weighted by atomic mass is 10.1. The molecule has 5 heteroatoms. The van der Waals surface area contributed by atoms with Crippen molar-refractivity contribution in [3.05, 3.63) is 35.4 Å². The summed E-state index contributed by atoms with van der Waals surface area (Å²) in [5.74, 6) is 0.411. The van der Waals surface area contributed by atoms with Crippen LogP contribution < -0.4 is 0 Å². The fourth-order valence-electron chi connectivity index (χ4n) is 1.39. The first-order valence-corrected chi connectivity index (χ1v) is 5.74. The number of hydrogen-bond acceptors (Lipinski definition) is 4. The topological polar surface area (TPSA) is 46.0 Å². The highest BCUT2D eigenvalue weighted by Crippen LogP contribution is 2.26. The maximum Gasteiger partial charge on any atom is 0.144 e. The minimum atomic E-state index is -0.333. The van der Waals surface area contributed by atoms with E-state index in [0.29, 0.717) is 16.1 Å². The van der Waals surface area contributed by atoms with Crippen molar-refractivity contribution in [1.82, 2.24) is 9.36 Å². The van der Waals surface area contributed by atoms with Gasteiger partial charge >= 0.3 is 0 Å².